The van der Waals surface area contributed by atoms with Crippen molar-refractivity contribution in [2.45, 2.75) is 19.3 Å². The third kappa shape index (κ3) is 5.00. The van der Waals surface area contributed by atoms with E-state index >= 15 is 0 Å². The molecule has 0 radical (unpaired) electrons. The lowest BCUT2D eigenvalue weighted by Gasteiger charge is -2.04. The molecule has 4 aromatic rings. The molecule has 0 saturated heterocycles. The van der Waals surface area contributed by atoms with Crippen molar-refractivity contribution in [1.29, 1.82) is 0 Å². The fraction of sp³-hybridized carbons (Fsp3) is 0.167. The van der Waals surface area contributed by atoms with Gasteiger partial charge in [0.05, 0.1) is 7.11 Å². The minimum atomic E-state index is -0.0283. The predicted octanol–water partition coefficient (Wildman–Crippen LogP) is 5.47. The first kappa shape index (κ1) is 19.2. The number of ether oxygens (including phenoxy) is 1. The number of hydrogen-bond donors (Lipinski definition) is 1. The Morgan fingerprint density at radius 3 is 2.72 bits per heavy atom. The molecule has 0 fully saturated rings. The highest BCUT2D eigenvalue weighted by Gasteiger charge is 2.08. The molecular weight excluding hydrogens is 380 g/mol. The SMILES string of the molecule is COc1cccc(CCC(=O)Nc2ncc(Cc3ccc4ccccc4c3)s2)c1. The number of benzene rings is 3. The summed E-state index contributed by atoms with van der Waals surface area (Å²) in [6, 6.07) is 22.6. The summed E-state index contributed by atoms with van der Waals surface area (Å²) in [5, 5.41) is 6.04. The number of nitrogens with zero attached hydrogens (tertiary/aromatic N) is 1. The van der Waals surface area contributed by atoms with Gasteiger partial charge in [0.1, 0.15) is 5.75 Å². The minimum absolute atomic E-state index is 0.0283. The van der Waals surface area contributed by atoms with Crippen molar-refractivity contribution >= 4 is 33.1 Å². The van der Waals surface area contributed by atoms with Crippen LogP contribution in [0.15, 0.2) is 72.9 Å². The molecule has 0 aliphatic carbocycles. The van der Waals surface area contributed by atoms with Crippen LogP contribution in [0.4, 0.5) is 5.13 Å². The van der Waals surface area contributed by atoms with Gasteiger partial charge in [0, 0.05) is 23.9 Å². The van der Waals surface area contributed by atoms with Crippen molar-refractivity contribution in [3.63, 3.8) is 0 Å². The van der Waals surface area contributed by atoms with Gasteiger partial charge in [-0.3, -0.25) is 4.79 Å². The summed E-state index contributed by atoms with van der Waals surface area (Å²) in [4.78, 5) is 17.8. The Balaban J connectivity index is 1.33. The Bertz CT molecular complexity index is 1140. The number of nitrogens with one attached hydrogen (secondary N) is 1. The summed E-state index contributed by atoms with van der Waals surface area (Å²) in [5.74, 6) is 0.778. The number of methoxy groups -OCH3 is 1. The van der Waals surface area contributed by atoms with Crippen LogP contribution in [-0.4, -0.2) is 18.0 Å². The maximum atomic E-state index is 12.3. The van der Waals surface area contributed by atoms with Crippen LogP contribution >= 0.6 is 11.3 Å². The van der Waals surface area contributed by atoms with Gasteiger partial charge in [-0.15, -0.1) is 11.3 Å². The van der Waals surface area contributed by atoms with Crippen molar-refractivity contribution in [2.24, 2.45) is 0 Å². The summed E-state index contributed by atoms with van der Waals surface area (Å²) in [6.07, 6.45) is 3.73. The van der Waals surface area contributed by atoms with E-state index in [0.717, 1.165) is 22.6 Å². The second-order valence-corrected chi connectivity index (χ2v) is 8.00. The van der Waals surface area contributed by atoms with E-state index in [1.54, 1.807) is 7.11 Å². The van der Waals surface area contributed by atoms with Crippen LogP contribution in [0.25, 0.3) is 10.8 Å². The van der Waals surface area contributed by atoms with E-state index in [1.807, 2.05) is 30.5 Å². The molecule has 0 bridgehead atoms. The average molecular weight is 403 g/mol. The molecule has 3 aromatic carbocycles. The van der Waals surface area contributed by atoms with Crippen molar-refractivity contribution in [2.75, 3.05) is 12.4 Å². The number of carbonyl (C=O) groups is 1. The number of carbonyl (C=O) groups excluding carboxylic acids is 1. The number of anilines is 1. The van der Waals surface area contributed by atoms with E-state index in [0.29, 0.717) is 18.0 Å². The van der Waals surface area contributed by atoms with E-state index in [1.165, 1.54) is 27.7 Å². The summed E-state index contributed by atoms with van der Waals surface area (Å²) >= 11 is 1.53. The van der Waals surface area contributed by atoms with Crippen LogP contribution in [0, 0.1) is 0 Å². The lowest BCUT2D eigenvalue weighted by Crippen LogP contribution is -2.12. The molecule has 0 saturated carbocycles. The molecule has 29 heavy (non-hydrogen) atoms. The molecule has 146 valence electrons. The van der Waals surface area contributed by atoms with Gasteiger partial charge in [-0.1, -0.05) is 54.6 Å². The van der Waals surface area contributed by atoms with E-state index < -0.39 is 0 Å². The first-order valence-corrected chi connectivity index (χ1v) is 10.4. The normalized spacial score (nSPS) is 10.8. The van der Waals surface area contributed by atoms with E-state index in [2.05, 4.69) is 52.8 Å². The molecule has 0 aliphatic heterocycles. The fourth-order valence-corrected chi connectivity index (χ4v) is 4.13. The zero-order chi connectivity index (χ0) is 20.1. The fourth-order valence-electron chi connectivity index (χ4n) is 3.26. The minimum Gasteiger partial charge on any atom is -0.497 e. The summed E-state index contributed by atoms with van der Waals surface area (Å²) < 4.78 is 5.22. The third-order valence-electron chi connectivity index (χ3n) is 4.77. The summed E-state index contributed by atoms with van der Waals surface area (Å²) in [5.41, 5.74) is 2.32. The van der Waals surface area contributed by atoms with Crippen LogP contribution in [-0.2, 0) is 17.6 Å². The Hall–Kier alpha value is -3.18. The van der Waals surface area contributed by atoms with Crippen molar-refractivity contribution < 1.29 is 9.53 Å². The maximum absolute atomic E-state index is 12.3. The molecule has 0 aliphatic rings. The van der Waals surface area contributed by atoms with Crippen molar-refractivity contribution in [3.05, 3.63) is 88.9 Å². The number of aromatic nitrogens is 1. The predicted molar refractivity (Wildman–Crippen MR) is 119 cm³/mol. The zero-order valence-corrected chi connectivity index (χ0v) is 17.0. The Morgan fingerprint density at radius 2 is 1.86 bits per heavy atom. The average Bonchev–Trinajstić information content (AvgIpc) is 3.19. The second-order valence-electron chi connectivity index (χ2n) is 6.89. The molecule has 1 heterocycles. The summed E-state index contributed by atoms with van der Waals surface area (Å²) in [6.45, 7) is 0. The lowest BCUT2D eigenvalue weighted by molar-refractivity contribution is -0.116. The Labute approximate surface area is 174 Å². The van der Waals surface area contributed by atoms with Gasteiger partial charge < -0.3 is 10.1 Å². The maximum Gasteiger partial charge on any atom is 0.226 e. The van der Waals surface area contributed by atoms with Crippen LogP contribution < -0.4 is 10.1 Å². The Kier molecular flexibility index (Phi) is 5.86. The number of thiazole rings is 1. The number of amides is 1. The molecule has 4 nitrogen and oxygen atoms in total. The molecule has 0 spiro atoms. The molecule has 0 atom stereocenters. The first-order valence-electron chi connectivity index (χ1n) is 9.55. The van der Waals surface area contributed by atoms with Crippen LogP contribution in [0.2, 0.25) is 0 Å². The van der Waals surface area contributed by atoms with Gasteiger partial charge in [-0.05, 0) is 40.5 Å². The van der Waals surface area contributed by atoms with Gasteiger partial charge >= 0.3 is 0 Å². The smallest absolute Gasteiger partial charge is 0.226 e. The van der Waals surface area contributed by atoms with Crippen LogP contribution in [0.5, 0.6) is 5.75 Å². The third-order valence-corrected chi connectivity index (χ3v) is 5.68. The standard InChI is InChI=1S/C24H22N2O2S/c1-28-21-8-4-5-17(14-21)10-12-23(27)26-24-25-16-22(29-24)15-18-9-11-19-6-2-3-7-20(19)13-18/h2-9,11,13-14,16H,10,12,15H2,1H3,(H,25,26,27). The second kappa shape index (κ2) is 8.88. The molecular formula is C24H22N2O2S. The first-order chi connectivity index (χ1) is 14.2. The molecule has 1 N–H and O–H groups in total. The summed E-state index contributed by atoms with van der Waals surface area (Å²) in [7, 11) is 1.64. The van der Waals surface area contributed by atoms with Crippen molar-refractivity contribution in [3.8, 4) is 5.75 Å². The monoisotopic (exact) mass is 402 g/mol. The quantitative estimate of drug-likeness (QED) is 0.446. The van der Waals surface area contributed by atoms with Gasteiger partial charge in [-0.25, -0.2) is 4.98 Å². The topological polar surface area (TPSA) is 51.2 Å². The molecule has 4 rings (SSSR count). The van der Waals surface area contributed by atoms with Gasteiger partial charge in [0.2, 0.25) is 5.91 Å². The molecule has 1 aromatic heterocycles. The van der Waals surface area contributed by atoms with Gasteiger partial charge in [-0.2, -0.15) is 0 Å². The van der Waals surface area contributed by atoms with E-state index in [4.69, 9.17) is 4.74 Å². The lowest BCUT2D eigenvalue weighted by atomic mass is 10.0. The van der Waals surface area contributed by atoms with Crippen molar-refractivity contribution in [1.82, 2.24) is 4.98 Å². The molecule has 5 heteroatoms. The highest BCUT2D eigenvalue weighted by atomic mass is 32.1. The number of fused-ring (bicyclic) bond motifs is 1. The molecule has 1 amide bonds. The van der Waals surface area contributed by atoms with E-state index in [-0.39, 0.29) is 5.91 Å². The zero-order valence-electron chi connectivity index (χ0n) is 16.2. The van der Waals surface area contributed by atoms with Crippen LogP contribution in [0.3, 0.4) is 0 Å². The number of aryl methyl sites for hydroxylation is 1. The number of rotatable bonds is 7. The van der Waals surface area contributed by atoms with Gasteiger partial charge in [0.25, 0.3) is 0 Å². The van der Waals surface area contributed by atoms with Crippen LogP contribution in [0.1, 0.15) is 22.4 Å². The molecule has 0 unspecified atom stereocenters. The largest absolute Gasteiger partial charge is 0.497 e. The highest BCUT2D eigenvalue weighted by Crippen LogP contribution is 2.24. The van der Waals surface area contributed by atoms with Gasteiger partial charge in [0.15, 0.2) is 5.13 Å². The van der Waals surface area contributed by atoms with E-state index in [9.17, 15) is 4.79 Å². The Morgan fingerprint density at radius 1 is 1.00 bits per heavy atom. The number of hydrogen-bond acceptors (Lipinski definition) is 4. The highest BCUT2D eigenvalue weighted by molar-refractivity contribution is 7.15.